The van der Waals surface area contributed by atoms with E-state index in [0.717, 1.165) is 5.75 Å². The molecule has 0 spiro atoms. The molecule has 0 aliphatic carbocycles. The van der Waals surface area contributed by atoms with Gasteiger partial charge in [-0.1, -0.05) is 6.07 Å². The number of thioether (sulfide) groups is 1. The van der Waals surface area contributed by atoms with E-state index in [2.05, 4.69) is 10.6 Å². The highest BCUT2D eigenvalue weighted by molar-refractivity contribution is 7.98. The van der Waals surface area contributed by atoms with Gasteiger partial charge in [0.15, 0.2) is 0 Å². The monoisotopic (exact) mass is 361 g/mol. The molecule has 2 amide bonds. The zero-order chi connectivity index (χ0) is 16.4. The standard InChI is InChI=1S/C15H23N3O3S.ClH/c1-11(19)18-12-4-3-5-13(10-12)21-8-7-17-15(20)14(16)6-9-22-2;/h3-5,10,14H,6-9,16H2,1-2H3,(H,17,20)(H,18,19);1H/t14-;/m0./s1. The van der Waals surface area contributed by atoms with Crippen molar-refractivity contribution in [3.63, 3.8) is 0 Å². The predicted octanol–water partition coefficient (Wildman–Crippen LogP) is 1.64. The van der Waals surface area contributed by atoms with E-state index in [9.17, 15) is 9.59 Å². The highest BCUT2D eigenvalue weighted by Crippen LogP contribution is 2.16. The fourth-order valence-corrected chi connectivity index (χ4v) is 2.21. The van der Waals surface area contributed by atoms with Gasteiger partial charge in [0.05, 0.1) is 12.6 Å². The zero-order valence-electron chi connectivity index (χ0n) is 13.3. The summed E-state index contributed by atoms with van der Waals surface area (Å²) in [5.41, 5.74) is 6.43. The number of rotatable bonds is 9. The third kappa shape index (κ3) is 9.32. The van der Waals surface area contributed by atoms with Gasteiger partial charge in [-0.05, 0) is 30.6 Å². The molecule has 1 rings (SSSR count). The molecule has 4 N–H and O–H groups in total. The van der Waals surface area contributed by atoms with Crippen LogP contribution in [0, 0.1) is 0 Å². The Morgan fingerprint density at radius 3 is 2.78 bits per heavy atom. The second kappa shape index (κ2) is 12.0. The summed E-state index contributed by atoms with van der Waals surface area (Å²) >= 11 is 1.66. The third-order valence-electron chi connectivity index (χ3n) is 2.79. The highest BCUT2D eigenvalue weighted by atomic mass is 35.5. The molecule has 1 atom stereocenters. The van der Waals surface area contributed by atoms with E-state index < -0.39 is 6.04 Å². The Morgan fingerprint density at radius 2 is 2.13 bits per heavy atom. The SMILES string of the molecule is CSCC[C@H](N)C(=O)NCCOc1cccc(NC(C)=O)c1.Cl. The molecule has 8 heteroatoms. The molecule has 23 heavy (non-hydrogen) atoms. The van der Waals surface area contributed by atoms with E-state index in [0.29, 0.717) is 31.0 Å². The number of amides is 2. The molecule has 1 aromatic carbocycles. The summed E-state index contributed by atoms with van der Waals surface area (Å²) in [7, 11) is 0. The molecule has 0 aliphatic heterocycles. The molecular weight excluding hydrogens is 338 g/mol. The van der Waals surface area contributed by atoms with Gasteiger partial charge in [0, 0.05) is 18.7 Å². The van der Waals surface area contributed by atoms with E-state index in [1.54, 1.807) is 36.0 Å². The molecule has 0 aliphatic rings. The molecule has 0 fully saturated rings. The summed E-state index contributed by atoms with van der Waals surface area (Å²) in [6, 6.07) is 6.61. The fraction of sp³-hybridized carbons (Fsp3) is 0.467. The topological polar surface area (TPSA) is 93.5 Å². The number of hydrogen-bond donors (Lipinski definition) is 3. The minimum atomic E-state index is -0.476. The molecule has 0 unspecified atom stereocenters. The van der Waals surface area contributed by atoms with Crippen LogP contribution in [-0.4, -0.2) is 43.0 Å². The van der Waals surface area contributed by atoms with Gasteiger partial charge in [-0.25, -0.2) is 0 Å². The fourth-order valence-electron chi connectivity index (χ4n) is 1.72. The lowest BCUT2D eigenvalue weighted by atomic mass is 10.2. The van der Waals surface area contributed by atoms with Crippen molar-refractivity contribution in [1.82, 2.24) is 5.32 Å². The number of carbonyl (C=O) groups excluding carboxylic acids is 2. The van der Waals surface area contributed by atoms with E-state index in [4.69, 9.17) is 10.5 Å². The summed E-state index contributed by atoms with van der Waals surface area (Å²) in [5, 5.41) is 5.42. The molecule has 0 saturated heterocycles. The van der Waals surface area contributed by atoms with Crippen LogP contribution in [0.15, 0.2) is 24.3 Å². The maximum Gasteiger partial charge on any atom is 0.237 e. The Morgan fingerprint density at radius 1 is 1.39 bits per heavy atom. The molecule has 0 bridgehead atoms. The van der Waals surface area contributed by atoms with Gasteiger partial charge in [0.25, 0.3) is 0 Å². The molecule has 0 radical (unpaired) electrons. The number of carbonyl (C=O) groups is 2. The Balaban J connectivity index is 0.00000484. The Labute approximate surface area is 147 Å². The van der Waals surface area contributed by atoms with E-state index in [1.165, 1.54) is 6.92 Å². The van der Waals surface area contributed by atoms with Crippen LogP contribution in [0.2, 0.25) is 0 Å². The molecule has 0 heterocycles. The summed E-state index contributed by atoms with van der Waals surface area (Å²) in [6.07, 6.45) is 2.64. The summed E-state index contributed by atoms with van der Waals surface area (Å²) in [5.74, 6) is 1.20. The van der Waals surface area contributed by atoms with Gasteiger partial charge in [-0.2, -0.15) is 11.8 Å². The summed E-state index contributed by atoms with van der Waals surface area (Å²) in [4.78, 5) is 22.7. The average Bonchev–Trinajstić information content (AvgIpc) is 2.48. The zero-order valence-corrected chi connectivity index (χ0v) is 15.0. The van der Waals surface area contributed by atoms with Crippen LogP contribution in [0.5, 0.6) is 5.75 Å². The number of nitrogens with two attached hydrogens (primary N) is 1. The number of nitrogens with one attached hydrogen (secondary N) is 2. The number of hydrogen-bond acceptors (Lipinski definition) is 5. The van der Waals surface area contributed by atoms with Crippen molar-refractivity contribution in [2.45, 2.75) is 19.4 Å². The van der Waals surface area contributed by atoms with Crippen LogP contribution in [-0.2, 0) is 9.59 Å². The first-order valence-corrected chi connectivity index (χ1v) is 8.45. The van der Waals surface area contributed by atoms with Gasteiger partial charge in [-0.3, -0.25) is 9.59 Å². The van der Waals surface area contributed by atoms with Crippen LogP contribution in [0.4, 0.5) is 5.69 Å². The first-order chi connectivity index (χ1) is 10.5. The Kier molecular flexibility index (Phi) is 11.3. The van der Waals surface area contributed by atoms with Gasteiger partial charge in [-0.15, -0.1) is 12.4 Å². The molecule has 0 aromatic heterocycles. The largest absolute Gasteiger partial charge is 0.492 e. The second-order valence-corrected chi connectivity index (χ2v) is 5.72. The van der Waals surface area contributed by atoms with Crippen molar-refractivity contribution in [2.24, 2.45) is 5.73 Å². The van der Waals surface area contributed by atoms with Crippen LogP contribution >= 0.6 is 24.2 Å². The Hall–Kier alpha value is -1.44. The van der Waals surface area contributed by atoms with Gasteiger partial charge in [0.2, 0.25) is 11.8 Å². The molecular formula is C15H24ClN3O3S. The van der Waals surface area contributed by atoms with Crippen LogP contribution in [0.1, 0.15) is 13.3 Å². The van der Waals surface area contributed by atoms with Crippen molar-refractivity contribution in [3.8, 4) is 5.75 Å². The molecule has 6 nitrogen and oxygen atoms in total. The van der Waals surface area contributed by atoms with E-state index >= 15 is 0 Å². The van der Waals surface area contributed by atoms with Crippen molar-refractivity contribution in [2.75, 3.05) is 30.5 Å². The van der Waals surface area contributed by atoms with Crippen molar-refractivity contribution >= 4 is 41.7 Å². The first kappa shape index (κ1) is 21.6. The maximum absolute atomic E-state index is 11.7. The van der Waals surface area contributed by atoms with Crippen molar-refractivity contribution in [1.29, 1.82) is 0 Å². The average molecular weight is 362 g/mol. The smallest absolute Gasteiger partial charge is 0.237 e. The third-order valence-corrected chi connectivity index (χ3v) is 3.44. The first-order valence-electron chi connectivity index (χ1n) is 7.05. The lowest BCUT2D eigenvalue weighted by molar-refractivity contribution is -0.122. The number of ether oxygens (including phenoxy) is 1. The summed E-state index contributed by atoms with van der Waals surface area (Å²) < 4.78 is 5.53. The van der Waals surface area contributed by atoms with Crippen LogP contribution in [0.3, 0.4) is 0 Å². The molecule has 130 valence electrons. The lowest BCUT2D eigenvalue weighted by Crippen LogP contribution is -2.42. The number of benzene rings is 1. The Bertz CT molecular complexity index is 503. The predicted molar refractivity (Wildman–Crippen MR) is 97.5 cm³/mol. The second-order valence-electron chi connectivity index (χ2n) is 4.74. The van der Waals surface area contributed by atoms with Crippen molar-refractivity contribution in [3.05, 3.63) is 24.3 Å². The van der Waals surface area contributed by atoms with Gasteiger partial charge < -0.3 is 21.1 Å². The van der Waals surface area contributed by atoms with Gasteiger partial charge >= 0.3 is 0 Å². The number of anilines is 1. The van der Waals surface area contributed by atoms with E-state index in [1.807, 2.05) is 6.26 Å². The number of halogens is 1. The van der Waals surface area contributed by atoms with Crippen LogP contribution < -0.4 is 21.1 Å². The normalized spacial score (nSPS) is 11.1. The van der Waals surface area contributed by atoms with E-state index in [-0.39, 0.29) is 24.2 Å². The maximum atomic E-state index is 11.7. The lowest BCUT2D eigenvalue weighted by Gasteiger charge is -2.12. The quantitative estimate of drug-likeness (QED) is 0.581. The molecule has 1 aromatic rings. The van der Waals surface area contributed by atoms with Crippen LogP contribution in [0.25, 0.3) is 0 Å². The van der Waals surface area contributed by atoms with Crippen molar-refractivity contribution < 1.29 is 14.3 Å². The highest BCUT2D eigenvalue weighted by Gasteiger charge is 2.11. The van der Waals surface area contributed by atoms with Gasteiger partial charge in [0.1, 0.15) is 12.4 Å². The minimum absolute atomic E-state index is 0. The minimum Gasteiger partial charge on any atom is -0.492 e. The molecule has 0 saturated carbocycles. The summed E-state index contributed by atoms with van der Waals surface area (Å²) in [6.45, 7) is 2.17.